The zero-order valence-electron chi connectivity index (χ0n) is 12.3. The Morgan fingerprint density at radius 1 is 1.38 bits per heavy atom. The summed E-state index contributed by atoms with van der Waals surface area (Å²) in [7, 11) is 0. The molecule has 2 aliphatic heterocycles. The van der Waals surface area contributed by atoms with E-state index in [1.807, 2.05) is 6.92 Å². The van der Waals surface area contributed by atoms with E-state index in [9.17, 15) is 19.2 Å². The molecule has 0 spiro atoms. The van der Waals surface area contributed by atoms with Crippen LogP contribution < -0.4 is 5.43 Å². The fraction of sp³-hybridized carbons (Fsp3) is 0.714. The molecule has 2 rings (SSSR count). The first-order valence-electron chi connectivity index (χ1n) is 7.21. The number of hydrogen-bond acceptors (Lipinski definition) is 5. The zero-order valence-corrected chi connectivity index (χ0v) is 12.3. The number of hydrogen-bond donors (Lipinski definition) is 1. The summed E-state index contributed by atoms with van der Waals surface area (Å²) in [5.41, 5.74) is 1.16. The van der Waals surface area contributed by atoms with E-state index in [4.69, 9.17) is 4.74 Å². The smallest absolute Gasteiger partial charge is 0.310 e. The molecular formula is C14H20N2O5. The lowest BCUT2D eigenvalue weighted by molar-refractivity contribution is -0.160. The van der Waals surface area contributed by atoms with E-state index in [-0.39, 0.29) is 48.9 Å². The third-order valence-corrected chi connectivity index (χ3v) is 3.95. The van der Waals surface area contributed by atoms with Crippen molar-refractivity contribution < 1.29 is 23.9 Å². The van der Waals surface area contributed by atoms with Gasteiger partial charge in [0.1, 0.15) is 6.54 Å². The second-order valence-corrected chi connectivity index (χ2v) is 5.78. The second-order valence-electron chi connectivity index (χ2n) is 5.78. The molecule has 2 heterocycles. The number of carbonyl (C=O) groups excluding carboxylic acids is 4. The Hall–Kier alpha value is -1.92. The molecule has 7 nitrogen and oxygen atoms in total. The number of carbonyl (C=O) groups is 4. The fourth-order valence-corrected chi connectivity index (χ4v) is 2.70. The number of cyclic esters (lactones) is 1. The molecule has 2 fully saturated rings. The lowest BCUT2D eigenvalue weighted by atomic mass is 9.89. The van der Waals surface area contributed by atoms with Crippen molar-refractivity contribution in [1.82, 2.24) is 10.4 Å². The molecule has 2 aliphatic rings. The predicted molar refractivity (Wildman–Crippen MR) is 71.6 cm³/mol. The summed E-state index contributed by atoms with van der Waals surface area (Å²) in [5.74, 6) is -1.59. The lowest BCUT2D eigenvalue weighted by Gasteiger charge is -2.29. The summed E-state index contributed by atoms with van der Waals surface area (Å²) in [6, 6.07) is 0. The third kappa shape index (κ3) is 3.22. The molecule has 2 saturated heterocycles. The van der Waals surface area contributed by atoms with Gasteiger partial charge in [-0.1, -0.05) is 13.3 Å². The van der Waals surface area contributed by atoms with E-state index in [0.29, 0.717) is 12.8 Å². The largest absolute Gasteiger partial charge is 0.451 e. The number of nitrogens with one attached hydrogen (secondary N) is 1. The summed E-state index contributed by atoms with van der Waals surface area (Å²) in [4.78, 5) is 47.1. The highest BCUT2D eigenvalue weighted by molar-refractivity contribution is 5.97. The SMILES string of the molecule is CCC[C@H]1C[C@](C)(C(=O)CN2NC(=O)CCC2=O)OC1=O. The molecule has 2 amide bonds. The van der Waals surface area contributed by atoms with Crippen LogP contribution in [0.5, 0.6) is 0 Å². The van der Waals surface area contributed by atoms with Gasteiger partial charge >= 0.3 is 5.97 Å². The maximum atomic E-state index is 12.4. The maximum Gasteiger partial charge on any atom is 0.310 e. The van der Waals surface area contributed by atoms with Crippen LogP contribution in [0.25, 0.3) is 0 Å². The minimum atomic E-state index is -1.21. The van der Waals surface area contributed by atoms with Gasteiger partial charge in [-0.05, 0) is 13.3 Å². The summed E-state index contributed by atoms with van der Waals surface area (Å²) < 4.78 is 5.24. The molecule has 21 heavy (non-hydrogen) atoms. The topological polar surface area (TPSA) is 92.8 Å². The number of hydrazine groups is 1. The first-order valence-corrected chi connectivity index (χ1v) is 7.21. The van der Waals surface area contributed by atoms with Crippen LogP contribution >= 0.6 is 0 Å². The normalized spacial score (nSPS) is 29.3. The lowest BCUT2D eigenvalue weighted by Crippen LogP contribution is -2.55. The zero-order chi connectivity index (χ0) is 15.6. The number of amides is 2. The van der Waals surface area contributed by atoms with Gasteiger partial charge < -0.3 is 4.74 Å². The van der Waals surface area contributed by atoms with Crippen molar-refractivity contribution in [3.05, 3.63) is 0 Å². The molecule has 0 aliphatic carbocycles. The number of esters is 1. The Bertz CT molecular complexity index is 490. The standard InChI is InChI=1S/C14H20N2O5/c1-3-4-9-7-14(2,21-13(9)20)10(17)8-16-12(19)6-5-11(18)15-16/h9H,3-8H2,1-2H3,(H,15,18)/t9-,14+/m0/s1. The molecular weight excluding hydrogens is 276 g/mol. The van der Waals surface area contributed by atoms with Crippen LogP contribution in [0.15, 0.2) is 0 Å². The Morgan fingerprint density at radius 3 is 2.76 bits per heavy atom. The van der Waals surface area contributed by atoms with E-state index >= 15 is 0 Å². The summed E-state index contributed by atoms with van der Waals surface area (Å²) in [5, 5.41) is 1.01. The first kappa shape index (κ1) is 15.5. The van der Waals surface area contributed by atoms with E-state index in [2.05, 4.69) is 5.43 Å². The number of Topliss-reactive ketones (excluding diaryl/α,β-unsaturated/α-hetero) is 1. The van der Waals surface area contributed by atoms with Gasteiger partial charge in [0.25, 0.3) is 0 Å². The average Bonchev–Trinajstić information content (AvgIpc) is 2.71. The summed E-state index contributed by atoms with van der Waals surface area (Å²) in [6.07, 6.45) is 2.07. The van der Waals surface area contributed by atoms with Gasteiger partial charge in [-0.3, -0.25) is 24.6 Å². The van der Waals surface area contributed by atoms with Crippen molar-refractivity contribution in [3.8, 4) is 0 Å². The van der Waals surface area contributed by atoms with Crippen molar-refractivity contribution in [2.75, 3.05) is 6.54 Å². The second kappa shape index (κ2) is 5.83. The van der Waals surface area contributed by atoms with Crippen LogP contribution in [-0.2, 0) is 23.9 Å². The van der Waals surface area contributed by atoms with Gasteiger partial charge in [0, 0.05) is 19.3 Å². The van der Waals surface area contributed by atoms with Crippen LogP contribution in [0.4, 0.5) is 0 Å². The van der Waals surface area contributed by atoms with Gasteiger partial charge in [0.05, 0.1) is 5.92 Å². The minimum Gasteiger partial charge on any atom is -0.451 e. The highest BCUT2D eigenvalue weighted by Crippen LogP contribution is 2.34. The van der Waals surface area contributed by atoms with E-state index in [1.54, 1.807) is 6.92 Å². The van der Waals surface area contributed by atoms with Crippen LogP contribution in [-0.4, -0.2) is 40.7 Å². The van der Waals surface area contributed by atoms with Crippen molar-refractivity contribution in [2.45, 2.75) is 51.6 Å². The molecule has 0 aromatic heterocycles. The van der Waals surface area contributed by atoms with E-state index in [0.717, 1.165) is 11.4 Å². The Kier molecular flexibility index (Phi) is 4.29. The highest BCUT2D eigenvalue weighted by atomic mass is 16.6. The number of rotatable bonds is 5. The van der Waals surface area contributed by atoms with Gasteiger partial charge in [0.15, 0.2) is 11.4 Å². The Morgan fingerprint density at radius 2 is 2.10 bits per heavy atom. The summed E-state index contributed by atoms with van der Waals surface area (Å²) >= 11 is 0. The molecule has 7 heteroatoms. The predicted octanol–water partition coefficient (Wildman–Crippen LogP) is 0.331. The first-order chi connectivity index (χ1) is 9.85. The molecule has 0 unspecified atom stereocenters. The number of ketones is 1. The molecule has 0 radical (unpaired) electrons. The molecule has 0 bridgehead atoms. The van der Waals surface area contributed by atoms with Crippen molar-refractivity contribution >= 4 is 23.6 Å². The molecule has 0 saturated carbocycles. The monoisotopic (exact) mass is 296 g/mol. The third-order valence-electron chi connectivity index (χ3n) is 3.95. The van der Waals surface area contributed by atoms with Crippen LogP contribution in [0.3, 0.4) is 0 Å². The molecule has 0 aromatic rings. The van der Waals surface area contributed by atoms with Gasteiger partial charge in [-0.15, -0.1) is 0 Å². The van der Waals surface area contributed by atoms with Gasteiger partial charge in [-0.25, -0.2) is 5.01 Å². The van der Waals surface area contributed by atoms with Crippen LogP contribution in [0, 0.1) is 5.92 Å². The van der Waals surface area contributed by atoms with Crippen LogP contribution in [0.2, 0.25) is 0 Å². The molecule has 2 atom stereocenters. The highest BCUT2D eigenvalue weighted by Gasteiger charge is 2.48. The van der Waals surface area contributed by atoms with E-state index < -0.39 is 5.60 Å². The minimum absolute atomic E-state index is 0.0913. The van der Waals surface area contributed by atoms with Crippen molar-refractivity contribution in [1.29, 1.82) is 0 Å². The number of ether oxygens (including phenoxy) is 1. The molecule has 0 aromatic carbocycles. The molecule has 116 valence electrons. The molecule has 1 N–H and O–H groups in total. The Balaban J connectivity index is 2.01. The van der Waals surface area contributed by atoms with Gasteiger partial charge in [-0.2, -0.15) is 0 Å². The average molecular weight is 296 g/mol. The maximum absolute atomic E-state index is 12.4. The van der Waals surface area contributed by atoms with Crippen molar-refractivity contribution in [2.24, 2.45) is 5.92 Å². The van der Waals surface area contributed by atoms with Gasteiger partial charge in [0.2, 0.25) is 11.8 Å². The number of nitrogens with zero attached hydrogens (tertiary/aromatic N) is 1. The Labute approximate surface area is 123 Å². The van der Waals surface area contributed by atoms with Crippen LogP contribution in [0.1, 0.15) is 46.0 Å². The fourth-order valence-electron chi connectivity index (χ4n) is 2.70. The van der Waals surface area contributed by atoms with Crippen molar-refractivity contribution in [3.63, 3.8) is 0 Å². The quantitative estimate of drug-likeness (QED) is 0.738. The van der Waals surface area contributed by atoms with E-state index in [1.165, 1.54) is 0 Å². The summed E-state index contributed by atoms with van der Waals surface area (Å²) in [6.45, 7) is 3.26.